The number of likely N-dealkylation sites (tertiary alicyclic amines) is 1. The monoisotopic (exact) mass is 443 g/mol. The number of rotatable bonds is 5. The van der Waals surface area contributed by atoms with E-state index in [2.05, 4.69) is 5.32 Å². The van der Waals surface area contributed by atoms with Crippen molar-refractivity contribution in [2.75, 3.05) is 18.4 Å². The van der Waals surface area contributed by atoms with Gasteiger partial charge in [0.2, 0.25) is 0 Å². The first kappa shape index (κ1) is 22.2. The molecule has 33 heavy (non-hydrogen) atoms. The van der Waals surface area contributed by atoms with Crippen molar-refractivity contribution in [3.63, 3.8) is 0 Å². The van der Waals surface area contributed by atoms with Crippen LogP contribution in [0, 0.1) is 6.92 Å². The van der Waals surface area contributed by atoms with Crippen molar-refractivity contribution < 1.29 is 19.6 Å². The fourth-order valence-corrected chi connectivity index (χ4v) is 3.88. The normalized spacial score (nSPS) is 13.0. The number of hydrogen-bond acceptors (Lipinski definition) is 4. The van der Waals surface area contributed by atoms with Gasteiger partial charge in [0.25, 0.3) is 17.7 Å². The first-order valence-electron chi connectivity index (χ1n) is 10.8. The summed E-state index contributed by atoms with van der Waals surface area (Å²) in [7, 11) is 0. The summed E-state index contributed by atoms with van der Waals surface area (Å²) in [4.78, 5) is 39.3. The molecule has 168 valence electrons. The third-order valence-corrected chi connectivity index (χ3v) is 5.73. The van der Waals surface area contributed by atoms with E-state index < -0.39 is 5.91 Å². The van der Waals surface area contributed by atoms with Gasteiger partial charge in [-0.05, 0) is 73.4 Å². The molecule has 0 aromatic heterocycles. The first-order valence-corrected chi connectivity index (χ1v) is 10.8. The summed E-state index contributed by atoms with van der Waals surface area (Å²) >= 11 is 0. The van der Waals surface area contributed by atoms with Gasteiger partial charge in [-0.25, -0.2) is 5.48 Å². The van der Waals surface area contributed by atoms with Gasteiger partial charge in [-0.1, -0.05) is 29.8 Å². The molecule has 3 aromatic carbocycles. The zero-order valence-electron chi connectivity index (χ0n) is 18.3. The van der Waals surface area contributed by atoms with E-state index in [1.54, 1.807) is 60.1 Å². The summed E-state index contributed by atoms with van der Waals surface area (Å²) in [6.07, 6.45) is 1.97. The zero-order valence-corrected chi connectivity index (χ0v) is 18.3. The van der Waals surface area contributed by atoms with Crippen molar-refractivity contribution in [2.45, 2.75) is 19.8 Å². The van der Waals surface area contributed by atoms with Crippen LogP contribution in [-0.2, 0) is 0 Å². The quantitative estimate of drug-likeness (QED) is 0.405. The molecule has 4 rings (SSSR count). The number of carbonyl (C=O) groups is 3. The van der Waals surface area contributed by atoms with E-state index >= 15 is 0 Å². The van der Waals surface area contributed by atoms with Gasteiger partial charge in [0.05, 0.1) is 0 Å². The summed E-state index contributed by atoms with van der Waals surface area (Å²) in [6.45, 7) is 3.40. The van der Waals surface area contributed by atoms with Crippen molar-refractivity contribution >= 4 is 23.4 Å². The minimum absolute atomic E-state index is 0.0727. The van der Waals surface area contributed by atoms with Crippen molar-refractivity contribution in [3.8, 4) is 11.1 Å². The second-order valence-electron chi connectivity index (χ2n) is 8.14. The Morgan fingerprint density at radius 1 is 0.758 bits per heavy atom. The number of benzene rings is 3. The van der Waals surface area contributed by atoms with Crippen LogP contribution in [0.4, 0.5) is 5.69 Å². The molecule has 0 unspecified atom stereocenters. The molecule has 3 N–H and O–H groups in total. The van der Waals surface area contributed by atoms with Gasteiger partial charge < -0.3 is 10.2 Å². The highest BCUT2D eigenvalue weighted by molar-refractivity contribution is 6.06. The molecule has 7 heteroatoms. The van der Waals surface area contributed by atoms with Crippen molar-refractivity contribution in [2.24, 2.45) is 0 Å². The second kappa shape index (κ2) is 9.67. The molecule has 0 spiro atoms. The Balaban J connectivity index is 1.68. The van der Waals surface area contributed by atoms with Gasteiger partial charge in [-0.2, -0.15) is 0 Å². The van der Waals surface area contributed by atoms with Crippen LogP contribution >= 0.6 is 0 Å². The van der Waals surface area contributed by atoms with Crippen LogP contribution in [0.3, 0.4) is 0 Å². The lowest BCUT2D eigenvalue weighted by Crippen LogP contribution is -2.27. The van der Waals surface area contributed by atoms with Crippen LogP contribution in [0.15, 0.2) is 66.7 Å². The standard InChI is InChI=1S/C26H25N3O4/c1-17-4-6-19(7-5-17)24(30)27-23-15-21(18-8-10-20(11-9-18)25(31)28-33)14-22(16-23)26(32)29-12-2-3-13-29/h4-11,14-16,33H,2-3,12-13H2,1H3,(H,27,30)(H,28,31). The van der Waals surface area contributed by atoms with Crippen LogP contribution in [0.25, 0.3) is 11.1 Å². The van der Waals surface area contributed by atoms with Gasteiger partial charge in [0, 0.05) is 35.5 Å². The fourth-order valence-electron chi connectivity index (χ4n) is 3.88. The predicted molar refractivity (Wildman–Crippen MR) is 125 cm³/mol. The molecule has 0 bridgehead atoms. The van der Waals surface area contributed by atoms with Crippen LogP contribution in [-0.4, -0.2) is 40.9 Å². The molecule has 0 aliphatic carbocycles. The third-order valence-electron chi connectivity index (χ3n) is 5.73. The van der Waals surface area contributed by atoms with E-state index in [-0.39, 0.29) is 11.8 Å². The maximum atomic E-state index is 13.1. The molecular weight excluding hydrogens is 418 g/mol. The average Bonchev–Trinajstić information content (AvgIpc) is 3.38. The Morgan fingerprint density at radius 2 is 1.36 bits per heavy atom. The van der Waals surface area contributed by atoms with E-state index in [1.165, 1.54) is 0 Å². The molecule has 1 saturated heterocycles. The van der Waals surface area contributed by atoms with Crippen molar-refractivity contribution in [1.82, 2.24) is 10.4 Å². The number of nitrogens with one attached hydrogen (secondary N) is 2. The van der Waals surface area contributed by atoms with E-state index in [0.29, 0.717) is 22.4 Å². The molecule has 0 radical (unpaired) electrons. The molecule has 0 saturated carbocycles. The highest BCUT2D eigenvalue weighted by Crippen LogP contribution is 2.27. The smallest absolute Gasteiger partial charge is 0.274 e. The zero-order chi connectivity index (χ0) is 23.4. The SMILES string of the molecule is Cc1ccc(C(=O)Nc2cc(C(=O)N3CCCC3)cc(-c3ccc(C(=O)NO)cc3)c2)cc1. The van der Waals surface area contributed by atoms with Gasteiger partial charge in [0.15, 0.2) is 0 Å². The van der Waals surface area contributed by atoms with Crippen molar-refractivity contribution in [3.05, 3.63) is 89.0 Å². The van der Waals surface area contributed by atoms with Crippen LogP contribution in [0.5, 0.6) is 0 Å². The van der Waals surface area contributed by atoms with Crippen LogP contribution in [0.2, 0.25) is 0 Å². The van der Waals surface area contributed by atoms with Crippen LogP contribution in [0.1, 0.15) is 49.5 Å². The maximum Gasteiger partial charge on any atom is 0.274 e. The number of nitrogens with zero attached hydrogens (tertiary/aromatic N) is 1. The molecule has 1 aliphatic rings. The summed E-state index contributed by atoms with van der Waals surface area (Å²) in [6, 6.07) is 19.2. The van der Waals surface area contributed by atoms with Crippen LogP contribution < -0.4 is 10.8 Å². The Morgan fingerprint density at radius 3 is 2.00 bits per heavy atom. The average molecular weight is 444 g/mol. The molecule has 3 aromatic rings. The Kier molecular flexibility index (Phi) is 6.51. The van der Waals surface area contributed by atoms with E-state index in [9.17, 15) is 14.4 Å². The first-order chi connectivity index (χ1) is 15.9. The highest BCUT2D eigenvalue weighted by Gasteiger charge is 2.21. The van der Waals surface area contributed by atoms with E-state index in [0.717, 1.165) is 42.6 Å². The lowest BCUT2D eigenvalue weighted by Gasteiger charge is -2.17. The third kappa shape index (κ3) is 5.10. The summed E-state index contributed by atoms with van der Waals surface area (Å²) in [5, 5.41) is 11.7. The molecule has 1 aliphatic heterocycles. The topological polar surface area (TPSA) is 98.7 Å². The Bertz CT molecular complexity index is 1180. The molecule has 7 nitrogen and oxygen atoms in total. The molecule has 1 heterocycles. The number of hydrogen-bond donors (Lipinski definition) is 3. The minimum Gasteiger partial charge on any atom is -0.339 e. The predicted octanol–water partition coefficient (Wildman–Crippen LogP) is 4.27. The number of anilines is 1. The Labute approximate surface area is 192 Å². The minimum atomic E-state index is -0.606. The lowest BCUT2D eigenvalue weighted by molar-refractivity contribution is 0.0706. The van der Waals surface area contributed by atoms with Gasteiger partial charge in [-0.3, -0.25) is 19.6 Å². The summed E-state index contributed by atoms with van der Waals surface area (Å²) in [5.41, 5.74) is 6.00. The molecule has 0 atom stereocenters. The second-order valence-corrected chi connectivity index (χ2v) is 8.14. The highest BCUT2D eigenvalue weighted by atomic mass is 16.5. The van der Waals surface area contributed by atoms with Gasteiger partial charge in [-0.15, -0.1) is 0 Å². The largest absolute Gasteiger partial charge is 0.339 e. The maximum absolute atomic E-state index is 13.1. The number of aryl methyl sites for hydroxylation is 1. The number of hydroxylamine groups is 1. The molecule has 3 amide bonds. The van der Waals surface area contributed by atoms with Crippen molar-refractivity contribution in [1.29, 1.82) is 0 Å². The van der Waals surface area contributed by atoms with E-state index in [4.69, 9.17) is 5.21 Å². The summed E-state index contributed by atoms with van der Waals surface area (Å²) < 4.78 is 0. The Hall–Kier alpha value is -3.97. The molecule has 1 fully saturated rings. The van der Waals surface area contributed by atoms with Gasteiger partial charge >= 0.3 is 0 Å². The molecular formula is C26H25N3O4. The number of amides is 3. The number of carbonyl (C=O) groups excluding carboxylic acids is 3. The lowest BCUT2D eigenvalue weighted by atomic mass is 10.00. The van der Waals surface area contributed by atoms with E-state index in [1.807, 2.05) is 24.0 Å². The van der Waals surface area contributed by atoms with Gasteiger partial charge in [0.1, 0.15) is 0 Å². The fraction of sp³-hybridized carbons (Fsp3) is 0.192. The summed E-state index contributed by atoms with van der Waals surface area (Å²) in [5.74, 6) is -0.941.